The molecule has 0 aliphatic heterocycles. The summed E-state index contributed by atoms with van der Waals surface area (Å²) in [4.78, 5) is 0. The van der Waals surface area contributed by atoms with Crippen molar-refractivity contribution in [2.75, 3.05) is 6.61 Å². The lowest BCUT2D eigenvalue weighted by Crippen LogP contribution is -2.02. The van der Waals surface area contributed by atoms with Crippen molar-refractivity contribution in [2.24, 2.45) is 5.92 Å². The molecule has 0 aromatic heterocycles. The molecular formula is C24H31NO. The second kappa shape index (κ2) is 10.7. The molecule has 2 atom stereocenters. The topological polar surface area (TPSA) is 33.0 Å². The van der Waals surface area contributed by atoms with Crippen molar-refractivity contribution < 1.29 is 4.74 Å². The molecule has 1 unspecified atom stereocenters. The van der Waals surface area contributed by atoms with Crippen molar-refractivity contribution in [1.29, 1.82) is 5.26 Å². The zero-order valence-electron chi connectivity index (χ0n) is 16.4. The minimum absolute atomic E-state index is 0.0158. The van der Waals surface area contributed by atoms with Crippen LogP contribution in [0.3, 0.4) is 0 Å². The lowest BCUT2D eigenvalue weighted by atomic mass is 9.89. The lowest BCUT2D eigenvalue weighted by molar-refractivity contribution is 0.306. The van der Waals surface area contributed by atoms with Crippen molar-refractivity contribution in [1.82, 2.24) is 0 Å². The van der Waals surface area contributed by atoms with E-state index in [-0.39, 0.29) is 5.92 Å². The van der Waals surface area contributed by atoms with Crippen LogP contribution < -0.4 is 4.74 Å². The molecule has 138 valence electrons. The average molecular weight is 350 g/mol. The highest BCUT2D eigenvalue weighted by atomic mass is 16.5. The Morgan fingerprint density at radius 1 is 0.923 bits per heavy atom. The van der Waals surface area contributed by atoms with Crippen LogP contribution in [-0.2, 0) is 0 Å². The van der Waals surface area contributed by atoms with Crippen molar-refractivity contribution in [2.45, 2.75) is 58.8 Å². The predicted octanol–water partition coefficient (Wildman–Crippen LogP) is 6.97. The molecular weight excluding hydrogens is 318 g/mol. The zero-order chi connectivity index (χ0) is 18.8. The van der Waals surface area contributed by atoms with Crippen molar-refractivity contribution >= 4 is 0 Å². The smallest absolute Gasteiger partial charge is 0.119 e. The van der Waals surface area contributed by atoms with E-state index in [2.05, 4.69) is 63.2 Å². The molecule has 0 saturated heterocycles. The third kappa shape index (κ3) is 5.92. The van der Waals surface area contributed by atoms with E-state index >= 15 is 0 Å². The first-order chi connectivity index (χ1) is 12.7. The Morgan fingerprint density at radius 3 is 2.08 bits per heavy atom. The van der Waals surface area contributed by atoms with Crippen molar-refractivity contribution in [3.8, 4) is 22.9 Å². The molecule has 0 N–H and O–H groups in total. The molecule has 2 aromatic carbocycles. The van der Waals surface area contributed by atoms with E-state index in [1.807, 2.05) is 12.1 Å². The Morgan fingerprint density at radius 2 is 1.54 bits per heavy atom. The van der Waals surface area contributed by atoms with Crippen LogP contribution in [0.2, 0.25) is 0 Å². The first kappa shape index (κ1) is 20.0. The normalized spacial score (nSPS) is 13.0. The van der Waals surface area contributed by atoms with Gasteiger partial charge >= 0.3 is 0 Å². The highest BCUT2D eigenvalue weighted by Gasteiger charge is 2.14. The summed E-state index contributed by atoms with van der Waals surface area (Å²) in [5.41, 5.74) is 3.46. The van der Waals surface area contributed by atoms with Crippen LogP contribution in [0.25, 0.3) is 11.1 Å². The van der Waals surface area contributed by atoms with Gasteiger partial charge in [0.25, 0.3) is 0 Å². The Bertz CT molecular complexity index is 682. The molecule has 0 aliphatic carbocycles. The Balaban J connectivity index is 2.00. The van der Waals surface area contributed by atoms with Crippen molar-refractivity contribution in [3.63, 3.8) is 0 Å². The second-order valence-corrected chi connectivity index (χ2v) is 7.13. The standard InChI is InChI=1S/C24H31NO/c1-4-6-7-16-26-24-14-12-21(13-15-24)20-8-10-22(11-9-20)23(18-25)17-19(3)5-2/h8-15,19,23H,4-7,16-17H2,1-3H3/t19-,23?/m0/s1. The van der Waals surface area contributed by atoms with Gasteiger partial charge in [-0.1, -0.05) is 76.4 Å². The monoisotopic (exact) mass is 349 g/mol. The summed E-state index contributed by atoms with van der Waals surface area (Å²) in [5, 5.41) is 9.48. The minimum atomic E-state index is -0.0158. The maximum atomic E-state index is 9.48. The Hall–Kier alpha value is -2.27. The molecule has 2 aromatic rings. The molecule has 0 amide bonds. The Kier molecular flexibility index (Phi) is 8.22. The third-order valence-corrected chi connectivity index (χ3v) is 5.01. The molecule has 2 rings (SSSR count). The van der Waals surface area contributed by atoms with E-state index in [0.717, 1.165) is 37.2 Å². The second-order valence-electron chi connectivity index (χ2n) is 7.13. The van der Waals surface area contributed by atoms with Gasteiger partial charge in [0.1, 0.15) is 5.75 Å². The summed E-state index contributed by atoms with van der Waals surface area (Å²) >= 11 is 0. The highest BCUT2D eigenvalue weighted by Crippen LogP contribution is 2.28. The first-order valence-corrected chi connectivity index (χ1v) is 9.90. The molecule has 0 bridgehead atoms. The van der Waals surface area contributed by atoms with Gasteiger partial charge in [0.2, 0.25) is 0 Å². The number of rotatable bonds is 10. The number of benzene rings is 2. The molecule has 26 heavy (non-hydrogen) atoms. The fourth-order valence-electron chi connectivity index (χ4n) is 3.03. The molecule has 0 spiro atoms. The number of unbranched alkanes of at least 4 members (excludes halogenated alkanes) is 2. The van der Waals surface area contributed by atoms with Gasteiger partial charge in [-0.2, -0.15) is 5.26 Å². The number of ether oxygens (including phenoxy) is 1. The average Bonchev–Trinajstić information content (AvgIpc) is 2.70. The molecule has 0 saturated carbocycles. The molecule has 2 heteroatoms. The molecule has 0 heterocycles. The molecule has 0 fully saturated rings. The van der Waals surface area contributed by atoms with E-state index in [1.165, 1.54) is 24.0 Å². The van der Waals surface area contributed by atoms with Crippen LogP contribution >= 0.6 is 0 Å². The number of nitrogens with zero attached hydrogens (tertiary/aromatic N) is 1. The summed E-state index contributed by atoms with van der Waals surface area (Å²) in [7, 11) is 0. The van der Waals surface area contributed by atoms with E-state index in [4.69, 9.17) is 4.74 Å². The third-order valence-electron chi connectivity index (χ3n) is 5.01. The fraction of sp³-hybridized carbons (Fsp3) is 0.458. The largest absolute Gasteiger partial charge is 0.494 e. The van der Waals surface area contributed by atoms with Gasteiger partial charge in [-0.3, -0.25) is 0 Å². The summed E-state index contributed by atoms with van der Waals surface area (Å²) in [5.74, 6) is 1.49. The minimum Gasteiger partial charge on any atom is -0.494 e. The SMILES string of the molecule is CCCCCOc1ccc(-c2ccc(C(C#N)C[C@@H](C)CC)cc2)cc1. The maximum absolute atomic E-state index is 9.48. The van der Waals surface area contributed by atoms with E-state index in [1.54, 1.807) is 0 Å². The van der Waals surface area contributed by atoms with Crippen LogP contribution in [0, 0.1) is 17.2 Å². The van der Waals surface area contributed by atoms with Crippen molar-refractivity contribution in [3.05, 3.63) is 54.1 Å². The van der Waals surface area contributed by atoms with Gasteiger partial charge in [-0.05, 0) is 47.6 Å². The van der Waals surface area contributed by atoms with E-state index in [9.17, 15) is 5.26 Å². The number of hydrogen-bond acceptors (Lipinski definition) is 2. The van der Waals surface area contributed by atoms with Gasteiger partial charge in [0, 0.05) is 0 Å². The fourth-order valence-corrected chi connectivity index (χ4v) is 3.03. The summed E-state index contributed by atoms with van der Waals surface area (Å²) in [6.07, 6.45) is 5.57. The number of hydrogen-bond donors (Lipinski definition) is 0. The van der Waals surface area contributed by atoms with Gasteiger partial charge in [-0.15, -0.1) is 0 Å². The Labute approximate surface area is 158 Å². The molecule has 2 nitrogen and oxygen atoms in total. The summed E-state index contributed by atoms with van der Waals surface area (Å²) in [6.45, 7) is 7.38. The van der Waals surface area contributed by atoms with Gasteiger partial charge in [0.15, 0.2) is 0 Å². The van der Waals surface area contributed by atoms with Crippen LogP contribution in [0.5, 0.6) is 5.75 Å². The first-order valence-electron chi connectivity index (χ1n) is 9.90. The van der Waals surface area contributed by atoms with E-state index in [0.29, 0.717) is 5.92 Å². The lowest BCUT2D eigenvalue weighted by Gasteiger charge is -2.14. The molecule has 0 aliphatic rings. The van der Waals surface area contributed by atoms with Crippen LogP contribution in [0.15, 0.2) is 48.5 Å². The molecule has 0 radical (unpaired) electrons. The van der Waals surface area contributed by atoms with Crippen LogP contribution in [0.4, 0.5) is 0 Å². The highest BCUT2D eigenvalue weighted by molar-refractivity contribution is 5.64. The maximum Gasteiger partial charge on any atom is 0.119 e. The predicted molar refractivity (Wildman–Crippen MR) is 109 cm³/mol. The summed E-state index contributed by atoms with van der Waals surface area (Å²) in [6, 6.07) is 19.2. The summed E-state index contributed by atoms with van der Waals surface area (Å²) < 4.78 is 5.78. The van der Waals surface area contributed by atoms with Crippen LogP contribution in [0.1, 0.15) is 64.4 Å². The quantitative estimate of drug-likeness (QED) is 0.434. The van der Waals surface area contributed by atoms with E-state index < -0.39 is 0 Å². The van der Waals surface area contributed by atoms with Gasteiger partial charge in [0.05, 0.1) is 18.6 Å². The van der Waals surface area contributed by atoms with Gasteiger partial charge in [-0.25, -0.2) is 0 Å². The number of nitriles is 1. The van der Waals surface area contributed by atoms with Crippen LogP contribution in [-0.4, -0.2) is 6.61 Å². The van der Waals surface area contributed by atoms with Gasteiger partial charge < -0.3 is 4.74 Å². The zero-order valence-corrected chi connectivity index (χ0v) is 16.4.